The molecule has 1 fully saturated rings. The van der Waals surface area contributed by atoms with Gasteiger partial charge in [0.2, 0.25) is 10.0 Å². The molecule has 3 N–H and O–H groups in total. The van der Waals surface area contributed by atoms with Gasteiger partial charge in [-0.3, -0.25) is 0 Å². The largest absolute Gasteiger partial charge is 0.389 e. The topological polar surface area (TPSA) is 72.2 Å². The highest BCUT2D eigenvalue weighted by molar-refractivity contribution is 7.89. The van der Waals surface area contributed by atoms with Crippen molar-refractivity contribution in [3.63, 3.8) is 0 Å². The van der Waals surface area contributed by atoms with E-state index >= 15 is 0 Å². The zero-order valence-corrected chi connectivity index (χ0v) is 12.6. The fourth-order valence-electron chi connectivity index (χ4n) is 2.37. The quantitative estimate of drug-likeness (QED) is 0.830. The Bertz CT molecular complexity index is 605. The van der Waals surface area contributed by atoms with Crippen LogP contribution in [-0.4, -0.2) is 19.4 Å². The van der Waals surface area contributed by atoms with Crippen molar-refractivity contribution < 1.29 is 8.42 Å². The lowest BCUT2D eigenvalue weighted by Crippen LogP contribution is -2.43. The van der Waals surface area contributed by atoms with Crippen molar-refractivity contribution in [1.82, 2.24) is 4.72 Å². The molecule has 0 aromatic heterocycles. The van der Waals surface area contributed by atoms with E-state index in [2.05, 4.69) is 11.6 Å². The minimum absolute atomic E-state index is 0.0653. The molecule has 0 atom stereocenters. The third-order valence-corrected chi connectivity index (χ3v) is 5.21. The highest BCUT2D eigenvalue weighted by Gasteiger charge is 2.29. The first-order valence-electron chi connectivity index (χ1n) is 6.22. The lowest BCUT2D eigenvalue weighted by molar-refractivity contribution is 0.270. The molecule has 0 amide bonds. The maximum absolute atomic E-state index is 12.2. The van der Waals surface area contributed by atoms with Crippen molar-refractivity contribution in [1.29, 1.82) is 0 Å². The van der Waals surface area contributed by atoms with Gasteiger partial charge < -0.3 is 5.73 Å². The van der Waals surface area contributed by atoms with Crippen LogP contribution in [0.1, 0.15) is 30.9 Å². The zero-order valence-electron chi connectivity index (χ0n) is 11.0. The van der Waals surface area contributed by atoms with E-state index in [1.54, 1.807) is 25.1 Å². The van der Waals surface area contributed by atoms with Crippen molar-refractivity contribution >= 4 is 27.2 Å². The van der Waals surface area contributed by atoms with Crippen LogP contribution in [-0.2, 0) is 10.0 Å². The number of benzene rings is 1. The van der Waals surface area contributed by atoms with Crippen LogP contribution in [0.25, 0.3) is 0 Å². The van der Waals surface area contributed by atoms with E-state index < -0.39 is 10.0 Å². The molecule has 1 aromatic carbocycles. The summed E-state index contributed by atoms with van der Waals surface area (Å²) in [4.78, 5) is 0.548. The Morgan fingerprint density at radius 2 is 2.05 bits per heavy atom. The van der Waals surface area contributed by atoms with E-state index in [1.165, 1.54) is 0 Å². The maximum Gasteiger partial charge on any atom is 0.240 e. The predicted molar refractivity (Wildman–Crippen MR) is 79.6 cm³/mol. The summed E-state index contributed by atoms with van der Waals surface area (Å²) >= 11 is 4.91. The summed E-state index contributed by atoms with van der Waals surface area (Å²) in [5.41, 5.74) is 7.06. The predicted octanol–water partition coefficient (Wildman–Crippen LogP) is 1.71. The van der Waals surface area contributed by atoms with Gasteiger partial charge in [0.05, 0.1) is 4.90 Å². The van der Waals surface area contributed by atoms with Crippen LogP contribution < -0.4 is 10.5 Å². The van der Waals surface area contributed by atoms with Crippen molar-refractivity contribution in [3.05, 3.63) is 29.3 Å². The van der Waals surface area contributed by atoms with Crippen LogP contribution in [0.2, 0.25) is 0 Å². The number of nitrogens with two attached hydrogens (primary N) is 1. The van der Waals surface area contributed by atoms with E-state index in [1.807, 2.05) is 0 Å². The zero-order chi connectivity index (χ0) is 14.2. The van der Waals surface area contributed by atoms with E-state index in [-0.39, 0.29) is 15.9 Å². The molecule has 0 saturated heterocycles. The second kappa shape index (κ2) is 5.19. The smallest absolute Gasteiger partial charge is 0.240 e. The summed E-state index contributed by atoms with van der Waals surface area (Å²) in [7, 11) is -3.44. The molecule has 0 aliphatic heterocycles. The van der Waals surface area contributed by atoms with Crippen molar-refractivity contribution in [2.75, 3.05) is 0 Å². The molecule has 0 bridgehead atoms. The van der Waals surface area contributed by atoms with Gasteiger partial charge in [0.25, 0.3) is 0 Å². The molecule has 0 spiro atoms. The Morgan fingerprint density at radius 3 is 2.53 bits per heavy atom. The molecule has 19 heavy (non-hydrogen) atoms. The van der Waals surface area contributed by atoms with Crippen LogP contribution >= 0.6 is 12.2 Å². The Labute approximate surface area is 119 Å². The molecule has 2 rings (SSSR count). The molecule has 1 saturated carbocycles. The van der Waals surface area contributed by atoms with Gasteiger partial charge in [-0.25, -0.2) is 13.1 Å². The molecule has 0 heterocycles. The number of hydrogen-bond acceptors (Lipinski definition) is 3. The van der Waals surface area contributed by atoms with E-state index in [4.69, 9.17) is 18.0 Å². The summed E-state index contributed by atoms with van der Waals surface area (Å²) < 4.78 is 27.1. The van der Waals surface area contributed by atoms with Crippen molar-refractivity contribution in [2.45, 2.75) is 37.6 Å². The molecular formula is C13H18N2O2S2. The summed E-state index contributed by atoms with van der Waals surface area (Å²) in [6.07, 6.45) is 1.81. The number of rotatable bonds is 4. The summed E-state index contributed by atoms with van der Waals surface area (Å²) in [6.45, 7) is 3.92. The van der Waals surface area contributed by atoms with Gasteiger partial charge in [0, 0.05) is 11.6 Å². The molecule has 1 aliphatic carbocycles. The Balaban J connectivity index is 2.21. The molecule has 4 nitrogen and oxygen atoms in total. The molecule has 0 radical (unpaired) electrons. The van der Waals surface area contributed by atoms with Gasteiger partial charge in [0.15, 0.2) is 0 Å². The molecule has 104 valence electrons. The average Bonchev–Trinajstić information content (AvgIpc) is 2.26. The molecule has 6 heteroatoms. The monoisotopic (exact) mass is 298 g/mol. The summed E-state index contributed by atoms with van der Waals surface area (Å²) in [5.74, 6) is 0.603. The second-order valence-corrected chi connectivity index (χ2v) is 7.39. The minimum Gasteiger partial charge on any atom is -0.389 e. The van der Waals surface area contributed by atoms with Gasteiger partial charge in [-0.05, 0) is 43.4 Å². The number of nitrogens with one attached hydrogen (secondary N) is 1. The highest BCUT2D eigenvalue weighted by Crippen LogP contribution is 2.28. The maximum atomic E-state index is 12.2. The van der Waals surface area contributed by atoms with Gasteiger partial charge in [-0.1, -0.05) is 25.2 Å². The lowest BCUT2D eigenvalue weighted by Gasteiger charge is -2.32. The number of hydrogen-bond donors (Lipinski definition) is 2. The van der Waals surface area contributed by atoms with E-state index in [9.17, 15) is 8.42 Å². The summed E-state index contributed by atoms with van der Waals surface area (Å²) in [6, 6.07) is 4.89. The fraction of sp³-hybridized carbons (Fsp3) is 0.462. The van der Waals surface area contributed by atoms with Crippen LogP contribution in [0, 0.1) is 12.8 Å². The normalized spacial score (nSPS) is 22.8. The SMILES string of the molecule is Cc1cc(S(=O)(=O)NC2CC(C)C2)ccc1C(N)=S. The molecule has 1 aromatic rings. The lowest BCUT2D eigenvalue weighted by atomic mass is 9.83. The fourth-order valence-corrected chi connectivity index (χ4v) is 3.94. The third kappa shape index (κ3) is 3.13. The summed E-state index contributed by atoms with van der Waals surface area (Å²) in [5, 5.41) is 0. The number of sulfonamides is 1. The van der Waals surface area contributed by atoms with E-state index in [0.29, 0.717) is 11.5 Å². The minimum atomic E-state index is -3.44. The van der Waals surface area contributed by atoms with Crippen LogP contribution in [0.3, 0.4) is 0 Å². The van der Waals surface area contributed by atoms with Crippen LogP contribution in [0.15, 0.2) is 23.1 Å². The first kappa shape index (κ1) is 14.4. The van der Waals surface area contributed by atoms with Gasteiger partial charge in [-0.2, -0.15) is 0 Å². The second-order valence-electron chi connectivity index (χ2n) is 5.24. The van der Waals surface area contributed by atoms with Crippen molar-refractivity contribution in [2.24, 2.45) is 11.7 Å². The Kier molecular flexibility index (Phi) is 3.94. The molecular weight excluding hydrogens is 280 g/mol. The standard InChI is InChI=1S/C13H18N2O2S2/c1-8-5-10(6-8)15-19(16,17)11-3-4-12(13(14)18)9(2)7-11/h3-4,7-8,10,15H,5-6H2,1-2H3,(H2,14,18). The number of aryl methyl sites for hydroxylation is 1. The van der Waals surface area contributed by atoms with E-state index in [0.717, 1.165) is 18.4 Å². The van der Waals surface area contributed by atoms with Crippen LogP contribution in [0.5, 0.6) is 0 Å². The van der Waals surface area contributed by atoms with Gasteiger partial charge in [0.1, 0.15) is 4.99 Å². The Hall–Kier alpha value is -0.980. The van der Waals surface area contributed by atoms with Crippen LogP contribution in [0.4, 0.5) is 0 Å². The average molecular weight is 298 g/mol. The van der Waals surface area contributed by atoms with Gasteiger partial charge in [-0.15, -0.1) is 0 Å². The molecule has 0 unspecified atom stereocenters. The van der Waals surface area contributed by atoms with Crippen molar-refractivity contribution in [3.8, 4) is 0 Å². The molecule has 1 aliphatic rings. The highest BCUT2D eigenvalue weighted by atomic mass is 32.2. The third-order valence-electron chi connectivity index (χ3n) is 3.47. The first-order chi connectivity index (χ1) is 8.79. The Morgan fingerprint density at radius 1 is 1.42 bits per heavy atom. The van der Waals surface area contributed by atoms with Gasteiger partial charge >= 0.3 is 0 Å². The number of thiocarbonyl (C=S) groups is 1. The first-order valence-corrected chi connectivity index (χ1v) is 8.11.